The quantitative estimate of drug-likeness (QED) is 0.519. The average Bonchev–Trinajstić information content (AvgIpc) is 2.31. The molecule has 0 aliphatic heterocycles. The van der Waals surface area contributed by atoms with Crippen LogP contribution in [0, 0.1) is 0 Å². The number of carbonyl (C=O) groups excluding carboxylic acids is 1. The smallest absolute Gasteiger partial charge is 0.321 e. The molecule has 0 aromatic heterocycles. The van der Waals surface area contributed by atoms with Crippen LogP contribution in [0.3, 0.4) is 0 Å². The van der Waals surface area contributed by atoms with Crippen molar-refractivity contribution < 1.29 is 32.6 Å². The van der Waals surface area contributed by atoms with Crippen LogP contribution in [0.25, 0.3) is 0 Å². The predicted octanol–water partition coefficient (Wildman–Crippen LogP) is -1.04. The van der Waals surface area contributed by atoms with Crippen molar-refractivity contribution in [1.82, 2.24) is 4.72 Å². The Balaban J connectivity index is 4.44. The standard InChI is InChI=1S/C9H17NO7S/c1-16-5-6-18(14,15)10-7(9(12)13)3-4-8(11)17-2/h7,10H,3-6H2,1-2H3,(H,12,13)/t7-/m0/s1. The number of carbonyl (C=O) groups is 2. The number of carboxylic acids is 1. The van der Waals surface area contributed by atoms with Crippen LogP contribution in [0.5, 0.6) is 0 Å². The van der Waals surface area contributed by atoms with E-state index in [1.54, 1.807) is 0 Å². The highest BCUT2D eigenvalue weighted by molar-refractivity contribution is 7.89. The molecule has 18 heavy (non-hydrogen) atoms. The van der Waals surface area contributed by atoms with Gasteiger partial charge in [0.15, 0.2) is 0 Å². The molecule has 0 unspecified atom stereocenters. The van der Waals surface area contributed by atoms with E-state index in [9.17, 15) is 18.0 Å². The highest BCUT2D eigenvalue weighted by Crippen LogP contribution is 2.02. The number of rotatable bonds is 9. The Morgan fingerprint density at radius 1 is 1.33 bits per heavy atom. The van der Waals surface area contributed by atoms with Crippen LogP contribution < -0.4 is 4.72 Å². The van der Waals surface area contributed by atoms with Gasteiger partial charge in [0, 0.05) is 13.5 Å². The van der Waals surface area contributed by atoms with Crippen molar-refractivity contribution in [2.24, 2.45) is 0 Å². The van der Waals surface area contributed by atoms with Gasteiger partial charge in [-0.1, -0.05) is 0 Å². The zero-order chi connectivity index (χ0) is 14.2. The highest BCUT2D eigenvalue weighted by Gasteiger charge is 2.24. The maximum absolute atomic E-state index is 11.4. The molecule has 0 aromatic carbocycles. The van der Waals surface area contributed by atoms with Crippen LogP contribution in [0.2, 0.25) is 0 Å². The first kappa shape index (κ1) is 16.8. The SMILES string of the molecule is COCCS(=O)(=O)N[C@@H](CCC(=O)OC)C(=O)O. The lowest BCUT2D eigenvalue weighted by Crippen LogP contribution is -2.42. The van der Waals surface area contributed by atoms with E-state index in [0.29, 0.717) is 0 Å². The van der Waals surface area contributed by atoms with Gasteiger partial charge in [0.2, 0.25) is 10.0 Å². The van der Waals surface area contributed by atoms with Gasteiger partial charge >= 0.3 is 11.9 Å². The molecule has 9 heteroatoms. The predicted molar refractivity (Wildman–Crippen MR) is 61.5 cm³/mol. The fourth-order valence-corrected chi connectivity index (χ4v) is 2.22. The van der Waals surface area contributed by atoms with E-state index >= 15 is 0 Å². The summed E-state index contributed by atoms with van der Waals surface area (Å²) in [5, 5.41) is 8.84. The zero-order valence-corrected chi connectivity index (χ0v) is 11.0. The number of methoxy groups -OCH3 is 2. The van der Waals surface area contributed by atoms with Crippen molar-refractivity contribution in [3.63, 3.8) is 0 Å². The van der Waals surface area contributed by atoms with E-state index in [1.165, 1.54) is 14.2 Å². The summed E-state index contributed by atoms with van der Waals surface area (Å²) >= 11 is 0. The van der Waals surface area contributed by atoms with Gasteiger partial charge in [-0.15, -0.1) is 0 Å². The maximum atomic E-state index is 11.4. The van der Waals surface area contributed by atoms with E-state index in [-0.39, 0.29) is 25.2 Å². The molecule has 0 aliphatic carbocycles. The summed E-state index contributed by atoms with van der Waals surface area (Å²) in [5.41, 5.74) is 0. The van der Waals surface area contributed by atoms with Gasteiger partial charge in [0.05, 0.1) is 19.5 Å². The van der Waals surface area contributed by atoms with Crippen molar-refractivity contribution in [3.05, 3.63) is 0 Å². The maximum Gasteiger partial charge on any atom is 0.321 e. The Bertz CT molecular complexity index is 378. The molecule has 0 aliphatic rings. The number of hydrogen-bond acceptors (Lipinski definition) is 6. The Labute approximate surface area is 105 Å². The van der Waals surface area contributed by atoms with Crippen LogP contribution in [0.4, 0.5) is 0 Å². The number of aliphatic carboxylic acids is 1. The van der Waals surface area contributed by atoms with E-state index in [2.05, 4.69) is 9.47 Å². The number of hydrogen-bond donors (Lipinski definition) is 2. The second-order valence-corrected chi connectivity index (χ2v) is 5.31. The molecule has 0 spiro atoms. The lowest BCUT2D eigenvalue weighted by molar-refractivity contribution is -0.142. The fourth-order valence-electron chi connectivity index (χ4n) is 1.07. The second-order valence-electron chi connectivity index (χ2n) is 3.44. The molecule has 1 atom stereocenters. The monoisotopic (exact) mass is 283 g/mol. The summed E-state index contributed by atoms with van der Waals surface area (Å²) in [5.74, 6) is -2.29. The second kappa shape index (κ2) is 8.01. The van der Waals surface area contributed by atoms with E-state index in [0.717, 1.165) is 0 Å². The topological polar surface area (TPSA) is 119 Å². The largest absolute Gasteiger partial charge is 0.480 e. The minimum Gasteiger partial charge on any atom is -0.480 e. The molecule has 0 radical (unpaired) electrons. The molecule has 0 fully saturated rings. The molecule has 0 amide bonds. The van der Waals surface area contributed by atoms with Crippen molar-refractivity contribution in [1.29, 1.82) is 0 Å². The Hall–Kier alpha value is -1.19. The molecule has 0 heterocycles. The number of nitrogens with one attached hydrogen (secondary N) is 1. The third-order valence-corrected chi connectivity index (χ3v) is 3.39. The summed E-state index contributed by atoms with van der Waals surface area (Å²) in [6.45, 7) is -0.0430. The number of esters is 1. The molecule has 0 aromatic rings. The highest BCUT2D eigenvalue weighted by atomic mass is 32.2. The van der Waals surface area contributed by atoms with Gasteiger partial charge in [0.25, 0.3) is 0 Å². The third-order valence-electron chi connectivity index (χ3n) is 2.04. The fraction of sp³-hybridized carbons (Fsp3) is 0.778. The van der Waals surface area contributed by atoms with Crippen molar-refractivity contribution >= 4 is 22.0 Å². The van der Waals surface area contributed by atoms with Crippen LogP contribution in [0.15, 0.2) is 0 Å². The van der Waals surface area contributed by atoms with Gasteiger partial charge in [-0.2, -0.15) is 0 Å². The minimum absolute atomic E-state index is 0.0430. The molecule has 0 bridgehead atoms. The van der Waals surface area contributed by atoms with Gasteiger partial charge in [-0.3, -0.25) is 9.59 Å². The zero-order valence-electron chi connectivity index (χ0n) is 10.2. The van der Waals surface area contributed by atoms with E-state index in [4.69, 9.17) is 5.11 Å². The van der Waals surface area contributed by atoms with Crippen molar-refractivity contribution in [2.75, 3.05) is 26.6 Å². The van der Waals surface area contributed by atoms with Gasteiger partial charge < -0.3 is 14.6 Å². The minimum atomic E-state index is -3.75. The van der Waals surface area contributed by atoms with Gasteiger partial charge in [-0.25, -0.2) is 13.1 Å². The lowest BCUT2D eigenvalue weighted by atomic mass is 10.2. The lowest BCUT2D eigenvalue weighted by Gasteiger charge is -2.13. The Kier molecular flexibility index (Phi) is 7.48. The molecule has 0 rings (SSSR count). The molecule has 0 saturated carbocycles. The molecule has 106 valence electrons. The van der Waals surface area contributed by atoms with Crippen LogP contribution in [0.1, 0.15) is 12.8 Å². The normalized spacial score (nSPS) is 13.0. The summed E-state index contributed by atoms with van der Waals surface area (Å²) in [6.07, 6.45) is -0.353. The van der Waals surface area contributed by atoms with Crippen molar-refractivity contribution in [2.45, 2.75) is 18.9 Å². The summed E-state index contributed by atoms with van der Waals surface area (Å²) < 4.78 is 33.8. The van der Waals surface area contributed by atoms with Gasteiger partial charge in [0.1, 0.15) is 6.04 Å². The average molecular weight is 283 g/mol. The first-order chi connectivity index (χ1) is 8.32. The summed E-state index contributed by atoms with van der Waals surface area (Å²) in [4.78, 5) is 21.7. The summed E-state index contributed by atoms with van der Waals surface area (Å²) in [6, 6.07) is -1.36. The van der Waals surface area contributed by atoms with Crippen LogP contribution in [-0.4, -0.2) is 58.1 Å². The Morgan fingerprint density at radius 3 is 2.39 bits per heavy atom. The number of sulfonamides is 1. The number of carboxylic acid groups (broad SMARTS) is 1. The first-order valence-electron chi connectivity index (χ1n) is 5.11. The van der Waals surface area contributed by atoms with Gasteiger partial charge in [-0.05, 0) is 6.42 Å². The molecule has 8 nitrogen and oxygen atoms in total. The van der Waals surface area contributed by atoms with Crippen LogP contribution >= 0.6 is 0 Å². The van der Waals surface area contributed by atoms with Crippen LogP contribution in [-0.2, 0) is 29.1 Å². The summed E-state index contributed by atoms with van der Waals surface area (Å²) in [7, 11) is -1.25. The number of ether oxygens (including phenoxy) is 2. The first-order valence-corrected chi connectivity index (χ1v) is 6.76. The molecule has 0 saturated heterocycles. The molecule has 2 N–H and O–H groups in total. The third kappa shape index (κ3) is 7.20. The van der Waals surface area contributed by atoms with E-state index < -0.39 is 28.0 Å². The van der Waals surface area contributed by atoms with E-state index in [1.807, 2.05) is 4.72 Å². The molecular formula is C9H17NO7S. The molecular weight excluding hydrogens is 266 g/mol. The Morgan fingerprint density at radius 2 is 1.94 bits per heavy atom. The van der Waals surface area contributed by atoms with Crippen molar-refractivity contribution in [3.8, 4) is 0 Å².